The highest BCUT2D eigenvalue weighted by atomic mass is 35.5. The molecule has 2 rings (SSSR count). The second-order valence-electron chi connectivity index (χ2n) is 4.09. The van der Waals surface area contributed by atoms with Crippen molar-refractivity contribution in [3.05, 3.63) is 53.1 Å². The zero-order valence-corrected chi connectivity index (χ0v) is 11.4. The number of hydrogen-bond acceptors (Lipinski definition) is 3. The number of hydrogen-bond donors (Lipinski definition) is 2. The minimum Gasteiger partial charge on any atom is -0.508 e. The molecule has 19 heavy (non-hydrogen) atoms. The Balaban J connectivity index is 2.09. The molecule has 0 amide bonds. The number of phenols is 1. The molecule has 0 atom stereocenters. The second-order valence-corrected chi connectivity index (χ2v) is 4.53. The van der Waals surface area contributed by atoms with Gasteiger partial charge in [-0.1, -0.05) is 23.7 Å². The lowest BCUT2D eigenvalue weighted by Crippen LogP contribution is -2.02. The second kappa shape index (κ2) is 6.34. The topological polar surface area (TPSA) is 41.5 Å². The molecule has 0 saturated carbocycles. The van der Waals surface area contributed by atoms with Crippen LogP contribution in [0.4, 0.5) is 5.69 Å². The van der Waals surface area contributed by atoms with Crippen LogP contribution >= 0.6 is 11.6 Å². The first-order valence-corrected chi connectivity index (χ1v) is 6.51. The summed E-state index contributed by atoms with van der Waals surface area (Å²) in [5, 5.41) is 13.2. The van der Waals surface area contributed by atoms with E-state index in [1.165, 1.54) is 0 Å². The van der Waals surface area contributed by atoms with Gasteiger partial charge in [-0.05, 0) is 42.8 Å². The summed E-state index contributed by atoms with van der Waals surface area (Å²) < 4.78 is 5.54. The molecule has 0 unspecified atom stereocenters. The van der Waals surface area contributed by atoms with Crippen LogP contribution < -0.4 is 10.1 Å². The minimum atomic E-state index is 0.265. The lowest BCUT2D eigenvalue weighted by Gasteiger charge is -2.13. The first-order valence-electron chi connectivity index (χ1n) is 6.13. The Hall–Kier alpha value is -1.87. The molecule has 0 radical (unpaired) electrons. The van der Waals surface area contributed by atoms with Crippen LogP contribution in [0.15, 0.2) is 42.5 Å². The SMILES string of the molecule is CCOc1ccc(Cl)cc1NCc1ccc(O)cc1. The van der Waals surface area contributed by atoms with Crippen molar-refractivity contribution in [1.82, 2.24) is 0 Å². The van der Waals surface area contributed by atoms with Crippen LogP contribution in [0.5, 0.6) is 11.5 Å². The van der Waals surface area contributed by atoms with Gasteiger partial charge in [0, 0.05) is 11.6 Å². The van der Waals surface area contributed by atoms with Crippen molar-refractivity contribution in [3.8, 4) is 11.5 Å². The first-order chi connectivity index (χ1) is 9.19. The van der Waals surface area contributed by atoms with Crippen LogP contribution in [0.25, 0.3) is 0 Å². The third-order valence-corrected chi connectivity index (χ3v) is 2.90. The standard InChI is InChI=1S/C15H16ClNO2/c1-2-19-15-8-5-12(16)9-14(15)17-10-11-3-6-13(18)7-4-11/h3-9,17-18H,2,10H2,1H3. The van der Waals surface area contributed by atoms with Gasteiger partial charge in [0.25, 0.3) is 0 Å². The monoisotopic (exact) mass is 277 g/mol. The van der Waals surface area contributed by atoms with E-state index in [1.807, 2.05) is 31.2 Å². The Morgan fingerprint density at radius 2 is 1.89 bits per heavy atom. The predicted octanol–water partition coefficient (Wildman–Crippen LogP) is 4.06. The number of nitrogens with one attached hydrogen (secondary N) is 1. The fraction of sp³-hybridized carbons (Fsp3) is 0.200. The van der Waals surface area contributed by atoms with Gasteiger partial charge in [-0.3, -0.25) is 0 Å². The number of phenolic OH excluding ortho intramolecular Hbond substituents is 1. The average molecular weight is 278 g/mol. The molecule has 2 aromatic carbocycles. The molecule has 4 heteroatoms. The molecule has 0 aliphatic carbocycles. The molecule has 100 valence electrons. The van der Waals surface area contributed by atoms with Gasteiger partial charge < -0.3 is 15.2 Å². The highest BCUT2D eigenvalue weighted by Gasteiger charge is 2.04. The van der Waals surface area contributed by atoms with E-state index in [0.717, 1.165) is 17.0 Å². The summed E-state index contributed by atoms with van der Waals surface area (Å²) in [6, 6.07) is 12.6. The number of aromatic hydroxyl groups is 1. The lowest BCUT2D eigenvalue weighted by molar-refractivity contribution is 0.341. The summed E-state index contributed by atoms with van der Waals surface area (Å²) in [4.78, 5) is 0. The summed E-state index contributed by atoms with van der Waals surface area (Å²) in [5.74, 6) is 1.05. The largest absolute Gasteiger partial charge is 0.508 e. The molecule has 0 aliphatic rings. The Morgan fingerprint density at radius 3 is 2.58 bits per heavy atom. The van der Waals surface area contributed by atoms with E-state index in [9.17, 15) is 5.11 Å². The van der Waals surface area contributed by atoms with E-state index in [2.05, 4.69) is 5.32 Å². The molecule has 0 heterocycles. The van der Waals surface area contributed by atoms with Gasteiger partial charge in [-0.15, -0.1) is 0 Å². The van der Waals surface area contributed by atoms with E-state index < -0.39 is 0 Å². The summed E-state index contributed by atoms with van der Waals surface area (Å²) in [6.07, 6.45) is 0. The molecule has 2 aromatic rings. The number of rotatable bonds is 5. The van der Waals surface area contributed by atoms with Gasteiger partial charge in [0.1, 0.15) is 11.5 Å². The summed E-state index contributed by atoms with van der Waals surface area (Å²) in [6.45, 7) is 3.19. The van der Waals surface area contributed by atoms with Crippen LogP contribution in [0.2, 0.25) is 5.02 Å². The fourth-order valence-electron chi connectivity index (χ4n) is 1.73. The average Bonchev–Trinajstić information content (AvgIpc) is 2.41. The third kappa shape index (κ3) is 3.80. The quantitative estimate of drug-likeness (QED) is 0.866. The van der Waals surface area contributed by atoms with Crippen molar-refractivity contribution in [2.45, 2.75) is 13.5 Å². The number of anilines is 1. The third-order valence-electron chi connectivity index (χ3n) is 2.66. The Kier molecular flexibility index (Phi) is 4.53. The smallest absolute Gasteiger partial charge is 0.142 e. The number of halogens is 1. The lowest BCUT2D eigenvalue weighted by atomic mass is 10.2. The van der Waals surface area contributed by atoms with Gasteiger partial charge >= 0.3 is 0 Å². The van der Waals surface area contributed by atoms with E-state index in [4.69, 9.17) is 16.3 Å². The van der Waals surface area contributed by atoms with Gasteiger partial charge in [0.05, 0.1) is 12.3 Å². The maximum absolute atomic E-state index is 9.23. The van der Waals surface area contributed by atoms with Crippen LogP contribution in [-0.4, -0.2) is 11.7 Å². The summed E-state index contributed by atoms with van der Waals surface area (Å²) in [5.41, 5.74) is 1.93. The van der Waals surface area contributed by atoms with Gasteiger partial charge in [0.2, 0.25) is 0 Å². The molecule has 0 fully saturated rings. The molecule has 0 spiro atoms. The molecule has 2 N–H and O–H groups in total. The van der Waals surface area contributed by atoms with Crippen molar-refractivity contribution >= 4 is 17.3 Å². The maximum atomic E-state index is 9.23. The van der Waals surface area contributed by atoms with Crippen LogP contribution in [0.1, 0.15) is 12.5 Å². The Labute approximate surface area is 117 Å². The highest BCUT2D eigenvalue weighted by molar-refractivity contribution is 6.30. The van der Waals surface area contributed by atoms with E-state index in [1.54, 1.807) is 18.2 Å². The Morgan fingerprint density at radius 1 is 1.16 bits per heavy atom. The molecule has 0 aliphatic heterocycles. The molecule has 0 saturated heterocycles. The van der Waals surface area contributed by atoms with Crippen molar-refractivity contribution in [3.63, 3.8) is 0 Å². The number of ether oxygens (including phenoxy) is 1. The summed E-state index contributed by atoms with van der Waals surface area (Å²) in [7, 11) is 0. The molecular formula is C15H16ClNO2. The molecule has 0 bridgehead atoms. The number of benzene rings is 2. The van der Waals surface area contributed by atoms with Crippen molar-refractivity contribution < 1.29 is 9.84 Å². The van der Waals surface area contributed by atoms with Gasteiger partial charge in [-0.2, -0.15) is 0 Å². The van der Waals surface area contributed by atoms with E-state index in [0.29, 0.717) is 18.2 Å². The zero-order valence-electron chi connectivity index (χ0n) is 10.7. The molecule has 3 nitrogen and oxygen atoms in total. The first kappa shape index (κ1) is 13.6. The van der Waals surface area contributed by atoms with Crippen LogP contribution in [0.3, 0.4) is 0 Å². The highest BCUT2D eigenvalue weighted by Crippen LogP contribution is 2.28. The van der Waals surface area contributed by atoms with Gasteiger partial charge in [0.15, 0.2) is 0 Å². The van der Waals surface area contributed by atoms with Crippen molar-refractivity contribution in [2.24, 2.45) is 0 Å². The Bertz CT molecular complexity index is 540. The normalized spacial score (nSPS) is 10.2. The van der Waals surface area contributed by atoms with Crippen molar-refractivity contribution in [1.29, 1.82) is 0 Å². The zero-order chi connectivity index (χ0) is 13.7. The van der Waals surface area contributed by atoms with Crippen LogP contribution in [-0.2, 0) is 6.54 Å². The predicted molar refractivity (Wildman–Crippen MR) is 78.1 cm³/mol. The van der Waals surface area contributed by atoms with Crippen LogP contribution in [0, 0.1) is 0 Å². The fourth-order valence-corrected chi connectivity index (χ4v) is 1.90. The van der Waals surface area contributed by atoms with E-state index in [-0.39, 0.29) is 5.75 Å². The van der Waals surface area contributed by atoms with Gasteiger partial charge in [-0.25, -0.2) is 0 Å². The minimum absolute atomic E-state index is 0.265. The van der Waals surface area contributed by atoms with E-state index >= 15 is 0 Å². The molecular weight excluding hydrogens is 262 g/mol. The maximum Gasteiger partial charge on any atom is 0.142 e. The molecule has 0 aromatic heterocycles. The van der Waals surface area contributed by atoms with Crippen molar-refractivity contribution in [2.75, 3.05) is 11.9 Å². The summed E-state index contributed by atoms with van der Waals surface area (Å²) >= 11 is 5.99.